The number of carbonyl (C=O) groups is 2. The van der Waals surface area contributed by atoms with E-state index in [4.69, 9.17) is 9.47 Å². The van der Waals surface area contributed by atoms with Crippen molar-refractivity contribution >= 4 is 22.7 Å². The third-order valence-corrected chi connectivity index (χ3v) is 5.53. The van der Waals surface area contributed by atoms with E-state index in [1.165, 1.54) is 0 Å². The van der Waals surface area contributed by atoms with Crippen LogP contribution in [-0.4, -0.2) is 41.6 Å². The molecule has 1 saturated heterocycles. The molecule has 1 fully saturated rings. The van der Waals surface area contributed by atoms with Gasteiger partial charge in [-0.25, -0.2) is 0 Å². The standard InChI is InChI=1S/C22H21N3O4/c26-21(12-23-22(27)17-10-14-4-1-2-5-16(14)24-17)25-9-3-6-18(25)15-7-8-19-20(11-15)29-13-28-19/h1-2,4-5,7-8,10-11,18,24H,3,6,9,12-13H2,(H,23,27). The van der Waals surface area contributed by atoms with Gasteiger partial charge >= 0.3 is 0 Å². The highest BCUT2D eigenvalue weighted by atomic mass is 16.7. The Bertz CT molecular complexity index is 1060. The number of likely N-dealkylation sites (tertiary alicyclic amines) is 1. The molecule has 1 aromatic heterocycles. The minimum absolute atomic E-state index is 0.0121. The van der Waals surface area contributed by atoms with Crippen molar-refractivity contribution < 1.29 is 19.1 Å². The van der Waals surface area contributed by atoms with E-state index >= 15 is 0 Å². The number of carbonyl (C=O) groups excluding carboxylic acids is 2. The Hall–Kier alpha value is -3.48. The maximum Gasteiger partial charge on any atom is 0.268 e. The molecule has 5 rings (SSSR count). The third kappa shape index (κ3) is 3.29. The predicted octanol–water partition coefficient (Wildman–Crippen LogP) is 2.99. The molecule has 0 radical (unpaired) electrons. The van der Waals surface area contributed by atoms with Crippen molar-refractivity contribution in [2.24, 2.45) is 0 Å². The summed E-state index contributed by atoms with van der Waals surface area (Å²) >= 11 is 0. The summed E-state index contributed by atoms with van der Waals surface area (Å²) < 4.78 is 10.8. The fraction of sp³-hybridized carbons (Fsp3) is 0.273. The molecule has 7 nitrogen and oxygen atoms in total. The van der Waals surface area contributed by atoms with E-state index in [0.717, 1.165) is 35.1 Å². The SMILES string of the molecule is O=C(NCC(=O)N1CCCC1c1ccc2c(c1)OCO2)c1cc2ccccc2[nH]1. The zero-order chi connectivity index (χ0) is 19.8. The van der Waals surface area contributed by atoms with Gasteiger partial charge in [0.25, 0.3) is 5.91 Å². The molecule has 2 aliphatic heterocycles. The molecule has 1 unspecified atom stereocenters. The number of hydrogen-bond acceptors (Lipinski definition) is 4. The van der Waals surface area contributed by atoms with Crippen molar-refractivity contribution in [3.8, 4) is 11.5 Å². The highest BCUT2D eigenvalue weighted by Crippen LogP contribution is 2.38. The van der Waals surface area contributed by atoms with Crippen LogP contribution >= 0.6 is 0 Å². The van der Waals surface area contributed by atoms with Crippen LogP contribution in [0, 0.1) is 0 Å². The van der Waals surface area contributed by atoms with Crippen molar-refractivity contribution in [2.45, 2.75) is 18.9 Å². The van der Waals surface area contributed by atoms with Crippen molar-refractivity contribution in [1.82, 2.24) is 15.2 Å². The van der Waals surface area contributed by atoms with Gasteiger partial charge in [-0.3, -0.25) is 9.59 Å². The van der Waals surface area contributed by atoms with Crippen molar-refractivity contribution in [2.75, 3.05) is 19.9 Å². The fourth-order valence-electron chi connectivity index (χ4n) is 4.08. The molecule has 0 aliphatic carbocycles. The van der Waals surface area contributed by atoms with Gasteiger partial charge < -0.3 is 24.7 Å². The van der Waals surface area contributed by atoms with Gasteiger partial charge in [-0.05, 0) is 42.7 Å². The number of H-pyrrole nitrogens is 1. The smallest absolute Gasteiger partial charge is 0.268 e. The molecule has 0 bridgehead atoms. The van der Waals surface area contributed by atoms with Crippen LogP contribution in [0.25, 0.3) is 10.9 Å². The fourth-order valence-corrected chi connectivity index (χ4v) is 4.08. The number of ether oxygens (including phenoxy) is 2. The van der Waals surface area contributed by atoms with E-state index in [-0.39, 0.29) is 31.2 Å². The minimum Gasteiger partial charge on any atom is -0.454 e. The molecular weight excluding hydrogens is 370 g/mol. The molecule has 148 valence electrons. The Morgan fingerprint density at radius 3 is 2.86 bits per heavy atom. The van der Waals surface area contributed by atoms with Gasteiger partial charge in [0.2, 0.25) is 12.7 Å². The Balaban J connectivity index is 1.25. The first-order valence-electron chi connectivity index (χ1n) is 9.74. The molecule has 1 atom stereocenters. The van der Waals surface area contributed by atoms with Crippen molar-refractivity contribution in [3.63, 3.8) is 0 Å². The summed E-state index contributed by atoms with van der Waals surface area (Å²) in [5, 5.41) is 3.71. The van der Waals surface area contributed by atoms with E-state index in [9.17, 15) is 9.59 Å². The van der Waals surface area contributed by atoms with Crippen LogP contribution in [0.3, 0.4) is 0 Å². The number of aromatic nitrogens is 1. The molecule has 29 heavy (non-hydrogen) atoms. The van der Waals surface area contributed by atoms with Gasteiger partial charge in [0, 0.05) is 17.4 Å². The van der Waals surface area contributed by atoms with Crippen LogP contribution in [0.15, 0.2) is 48.5 Å². The molecular formula is C22H21N3O4. The molecule has 3 aromatic rings. The monoisotopic (exact) mass is 391 g/mol. The van der Waals surface area contributed by atoms with Gasteiger partial charge in [0.05, 0.1) is 12.6 Å². The zero-order valence-corrected chi connectivity index (χ0v) is 15.8. The summed E-state index contributed by atoms with van der Waals surface area (Å²) in [7, 11) is 0. The third-order valence-electron chi connectivity index (χ3n) is 5.53. The van der Waals surface area contributed by atoms with Crippen LogP contribution in [0.5, 0.6) is 11.5 Å². The maximum absolute atomic E-state index is 12.8. The molecule has 0 saturated carbocycles. The van der Waals surface area contributed by atoms with Crippen LogP contribution in [0.1, 0.15) is 34.9 Å². The number of rotatable bonds is 4. The molecule has 7 heteroatoms. The minimum atomic E-state index is -0.284. The Kier molecular flexibility index (Phi) is 4.35. The molecule has 2 N–H and O–H groups in total. The van der Waals surface area contributed by atoms with Gasteiger partial charge in [0.15, 0.2) is 11.5 Å². The highest BCUT2D eigenvalue weighted by Gasteiger charge is 2.31. The number of para-hydroxylation sites is 1. The average Bonchev–Trinajstić information content (AvgIpc) is 3.49. The number of aromatic amines is 1. The lowest BCUT2D eigenvalue weighted by atomic mass is 10.0. The lowest BCUT2D eigenvalue weighted by Gasteiger charge is -2.25. The Labute approximate surface area is 167 Å². The van der Waals surface area contributed by atoms with Crippen LogP contribution < -0.4 is 14.8 Å². The quantitative estimate of drug-likeness (QED) is 0.716. The lowest BCUT2D eigenvalue weighted by Crippen LogP contribution is -2.39. The second-order valence-corrected chi connectivity index (χ2v) is 7.31. The first-order chi connectivity index (χ1) is 14.2. The van der Waals surface area contributed by atoms with Crippen LogP contribution in [0.2, 0.25) is 0 Å². The Morgan fingerprint density at radius 1 is 1.10 bits per heavy atom. The van der Waals surface area contributed by atoms with Crippen molar-refractivity contribution in [1.29, 1.82) is 0 Å². The number of hydrogen-bond donors (Lipinski definition) is 2. The van der Waals surface area contributed by atoms with E-state index in [0.29, 0.717) is 18.0 Å². The summed E-state index contributed by atoms with van der Waals surface area (Å²) in [6.45, 7) is 0.876. The average molecular weight is 391 g/mol. The summed E-state index contributed by atoms with van der Waals surface area (Å²) in [6, 6.07) is 15.3. The summed E-state index contributed by atoms with van der Waals surface area (Å²) in [6.07, 6.45) is 1.82. The van der Waals surface area contributed by atoms with Gasteiger partial charge in [0.1, 0.15) is 5.69 Å². The number of fused-ring (bicyclic) bond motifs is 2. The van der Waals surface area contributed by atoms with Gasteiger partial charge in [-0.1, -0.05) is 24.3 Å². The number of nitrogens with one attached hydrogen (secondary N) is 2. The highest BCUT2D eigenvalue weighted by molar-refractivity contribution is 5.99. The van der Waals surface area contributed by atoms with E-state index < -0.39 is 0 Å². The van der Waals surface area contributed by atoms with E-state index in [1.54, 1.807) is 6.07 Å². The van der Waals surface area contributed by atoms with Crippen LogP contribution in [0.4, 0.5) is 0 Å². The number of nitrogens with zero attached hydrogens (tertiary/aromatic N) is 1. The molecule has 2 amide bonds. The largest absolute Gasteiger partial charge is 0.454 e. The summed E-state index contributed by atoms with van der Waals surface area (Å²) in [5.41, 5.74) is 2.38. The first-order valence-corrected chi connectivity index (χ1v) is 9.74. The topological polar surface area (TPSA) is 83.7 Å². The second-order valence-electron chi connectivity index (χ2n) is 7.31. The first kappa shape index (κ1) is 17.6. The summed E-state index contributed by atoms with van der Waals surface area (Å²) in [5.74, 6) is 1.08. The number of benzene rings is 2. The maximum atomic E-state index is 12.8. The molecule has 0 spiro atoms. The van der Waals surface area contributed by atoms with Crippen LogP contribution in [-0.2, 0) is 4.79 Å². The predicted molar refractivity (Wildman–Crippen MR) is 107 cm³/mol. The molecule has 2 aliphatic rings. The summed E-state index contributed by atoms with van der Waals surface area (Å²) in [4.78, 5) is 30.2. The lowest BCUT2D eigenvalue weighted by molar-refractivity contribution is -0.131. The molecule has 2 aromatic carbocycles. The number of amides is 2. The van der Waals surface area contributed by atoms with E-state index in [1.807, 2.05) is 47.4 Å². The molecule has 3 heterocycles. The van der Waals surface area contributed by atoms with E-state index in [2.05, 4.69) is 10.3 Å². The zero-order valence-electron chi connectivity index (χ0n) is 15.8. The normalized spacial score (nSPS) is 17.7. The van der Waals surface area contributed by atoms with Gasteiger partial charge in [-0.15, -0.1) is 0 Å². The van der Waals surface area contributed by atoms with Gasteiger partial charge in [-0.2, -0.15) is 0 Å². The Morgan fingerprint density at radius 2 is 1.97 bits per heavy atom. The second kappa shape index (κ2) is 7.16. The van der Waals surface area contributed by atoms with Crippen molar-refractivity contribution in [3.05, 3.63) is 59.8 Å².